The lowest BCUT2D eigenvalue weighted by Gasteiger charge is -2.25. The molecule has 2 aliphatic heterocycles. The van der Waals surface area contributed by atoms with Crippen LogP contribution in [0.25, 0.3) is 0 Å². The van der Waals surface area contributed by atoms with Gasteiger partial charge >= 0.3 is 0 Å². The lowest BCUT2D eigenvalue weighted by atomic mass is 10.0. The highest BCUT2D eigenvalue weighted by Crippen LogP contribution is 2.32. The van der Waals surface area contributed by atoms with Gasteiger partial charge in [0.2, 0.25) is 0 Å². The van der Waals surface area contributed by atoms with Crippen LogP contribution in [0.4, 0.5) is 0 Å². The molecule has 1 aromatic carbocycles. The summed E-state index contributed by atoms with van der Waals surface area (Å²) in [5, 5.41) is 3.67. The number of hydrogen-bond donors (Lipinski definition) is 1. The van der Waals surface area contributed by atoms with Gasteiger partial charge in [0.1, 0.15) is 13.2 Å². The van der Waals surface area contributed by atoms with Crippen LogP contribution in [-0.4, -0.2) is 31.3 Å². The highest BCUT2D eigenvalue weighted by molar-refractivity contribution is 7.99. The molecule has 0 amide bonds. The van der Waals surface area contributed by atoms with Gasteiger partial charge in [0, 0.05) is 6.04 Å². The Morgan fingerprint density at radius 1 is 1.20 bits per heavy atom. The van der Waals surface area contributed by atoms with E-state index in [1.165, 1.54) is 29.9 Å². The maximum Gasteiger partial charge on any atom is 0.161 e. The first-order chi connectivity index (χ1) is 9.83. The fraction of sp³-hybridized carbons (Fsp3) is 0.625. The normalized spacial score (nSPS) is 20.6. The molecule has 0 bridgehead atoms. The standard InChI is InChI=1S/C16H23NO2S/c1-12(17-11-13-4-8-20-9-5-13)14-2-3-15-16(10-14)19-7-6-18-15/h2-3,10,12-13,17H,4-9,11H2,1H3. The lowest BCUT2D eigenvalue weighted by Crippen LogP contribution is -2.28. The lowest BCUT2D eigenvalue weighted by molar-refractivity contribution is 0.171. The first-order valence-corrected chi connectivity index (χ1v) is 8.69. The van der Waals surface area contributed by atoms with Crippen molar-refractivity contribution in [2.24, 2.45) is 5.92 Å². The first kappa shape index (κ1) is 14.1. The summed E-state index contributed by atoms with van der Waals surface area (Å²) in [6.45, 7) is 4.65. The van der Waals surface area contributed by atoms with Gasteiger partial charge in [-0.05, 0) is 61.4 Å². The van der Waals surface area contributed by atoms with Gasteiger partial charge in [-0.15, -0.1) is 0 Å². The molecule has 3 nitrogen and oxygen atoms in total. The molecule has 2 heterocycles. The average Bonchev–Trinajstić information content (AvgIpc) is 2.53. The van der Waals surface area contributed by atoms with Gasteiger partial charge in [-0.2, -0.15) is 11.8 Å². The SMILES string of the molecule is CC(NCC1CCSCC1)c1ccc2c(c1)OCCO2. The molecule has 1 aromatic rings. The third-order valence-electron chi connectivity index (χ3n) is 4.12. The summed E-state index contributed by atoms with van der Waals surface area (Å²) in [6.07, 6.45) is 2.71. The Morgan fingerprint density at radius 2 is 1.95 bits per heavy atom. The summed E-state index contributed by atoms with van der Waals surface area (Å²) in [6, 6.07) is 6.64. The second-order valence-corrected chi connectivity index (χ2v) is 6.81. The van der Waals surface area contributed by atoms with E-state index in [0.717, 1.165) is 24.0 Å². The zero-order chi connectivity index (χ0) is 13.8. The van der Waals surface area contributed by atoms with Gasteiger partial charge < -0.3 is 14.8 Å². The summed E-state index contributed by atoms with van der Waals surface area (Å²) in [4.78, 5) is 0. The van der Waals surface area contributed by atoms with Crippen LogP contribution < -0.4 is 14.8 Å². The Morgan fingerprint density at radius 3 is 2.75 bits per heavy atom. The van der Waals surface area contributed by atoms with E-state index in [1.807, 2.05) is 6.07 Å². The molecule has 4 heteroatoms. The molecule has 2 aliphatic rings. The van der Waals surface area contributed by atoms with Crippen LogP contribution in [0.15, 0.2) is 18.2 Å². The minimum absolute atomic E-state index is 0.361. The molecular weight excluding hydrogens is 270 g/mol. The molecule has 1 saturated heterocycles. The van der Waals surface area contributed by atoms with Crippen LogP contribution >= 0.6 is 11.8 Å². The molecule has 1 N–H and O–H groups in total. The maximum absolute atomic E-state index is 5.65. The molecule has 0 radical (unpaired) electrons. The molecule has 0 aromatic heterocycles. The predicted molar refractivity (Wildman–Crippen MR) is 83.9 cm³/mol. The smallest absolute Gasteiger partial charge is 0.161 e. The number of thioether (sulfide) groups is 1. The topological polar surface area (TPSA) is 30.5 Å². The molecule has 1 unspecified atom stereocenters. The van der Waals surface area contributed by atoms with Gasteiger partial charge in [-0.1, -0.05) is 6.07 Å². The van der Waals surface area contributed by atoms with Crippen molar-refractivity contribution in [3.05, 3.63) is 23.8 Å². The van der Waals surface area contributed by atoms with Gasteiger partial charge in [0.15, 0.2) is 11.5 Å². The van der Waals surface area contributed by atoms with Crippen molar-refractivity contribution in [1.82, 2.24) is 5.32 Å². The van der Waals surface area contributed by atoms with E-state index in [-0.39, 0.29) is 0 Å². The first-order valence-electron chi connectivity index (χ1n) is 7.53. The van der Waals surface area contributed by atoms with Crippen LogP contribution in [0.3, 0.4) is 0 Å². The molecule has 3 rings (SSSR count). The van der Waals surface area contributed by atoms with Crippen LogP contribution in [0, 0.1) is 5.92 Å². The zero-order valence-electron chi connectivity index (χ0n) is 12.1. The van der Waals surface area contributed by atoms with Crippen LogP contribution in [0.5, 0.6) is 11.5 Å². The number of rotatable bonds is 4. The Hall–Kier alpha value is -0.870. The predicted octanol–water partition coefficient (Wildman–Crippen LogP) is 3.25. The van der Waals surface area contributed by atoms with Crippen molar-refractivity contribution in [3.63, 3.8) is 0 Å². The van der Waals surface area contributed by atoms with Crippen molar-refractivity contribution in [2.75, 3.05) is 31.3 Å². The minimum atomic E-state index is 0.361. The fourth-order valence-electron chi connectivity index (χ4n) is 2.74. The van der Waals surface area contributed by atoms with Crippen molar-refractivity contribution in [3.8, 4) is 11.5 Å². The molecule has 1 atom stereocenters. The largest absolute Gasteiger partial charge is 0.486 e. The quantitative estimate of drug-likeness (QED) is 0.923. The summed E-state index contributed by atoms with van der Waals surface area (Å²) in [5.74, 6) is 5.25. The summed E-state index contributed by atoms with van der Waals surface area (Å²) < 4.78 is 11.2. The monoisotopic (exact) mass is 293 g/mol. The second kappa shape index (κ2) is 6.72. The highest BCUT2D eigenvalue weighted by Gasteiger charge is 2.17. The molecule has 1 fully saturated rings. The second-order valence-electron chi connectivity index (χ2n) is 5.59. The highest BCUT2D eigenvalue weighted by atomic mass is 32.2. The molecule has 20 heavy (non-hydrogen) atoms. The Balaban J connectivity index is 1.57. The molecule has 0 aliphatic carbocycles. The molecular formula is C16H23NO2S. The van der Waals surface area contributed by atoms with E-state index >= 15 is 0 Å². The van der Waals surface area contributed by atoms with Crippen molar-refractivity contribution < 1.29 is 9.47 Å². The van der Waals surface area contributed by atoms with E-state index in [2.05, 4.69) is 36.1 Å². The van der Waals surface area contributed by atoms with Crippen molar-refractivity contribution in [2.45, 2.75) is 25.8 Å². The molecule has 0 saturated carbocycles. The number of nitrogens with one attached hydrogen (secondary N) is 1. The van der Waals surface area contributed by atoms with Crippen LogP contribution in [0.2, 0.25) is 0 Å². The Kier molecular flexibility index (Phi) is 4.73. The maximum atomic E-state index is 5.65. The van der Waals surface area contributed by atoms with E-state index in [0.29, 0.717) is 19.3 Å². The van der Waals surface area contributed by atoms with Crippen LogP contribution in [-0.2, 0) is 0 Å². The third kappa shape index (κ3) is 3.41. The van der Waals surface area contributed by atoms with Gasteiger partial charge in [-0.25, -0.2) is 0 Å². The summed E-state index contributed by atoms with van der Waals surface area (Å²) in [5.41, 5.74) is 1.28. The van der Waals surface area contributed by atoms with Crippen molar-refractivity contribution in [1.29, 1.82) is 0 Å². The average molecular weight is 293 g/mol. The third-order valence-corrected chi connectivity index (χ3v) is 5.17. The van der Waals surface area contributed by atoms with Gasteiger partial charge in [0.05, 0.1) is 0 Å². The van der Waals surface area contributed by atoms with Crippen molar-refractivity contribution >= 4 is 11.8 Å². The zero-order valence-corrected chi connectivity index (χ0v) is 12.9. The summed E-state index contributed by atoms with van der Waals surface area (Å²) >= 11 is 2.09. The number of fused-ring (bicyclic) bond motifs is 1. The summed E-state index contributed by atoms with van der Waals surface area (Å²) in [7, 11) is 0. The molecule has 110 valence electrons. The molecule has 0 spiro atoms. The Bertz CT molecular complexity index is 446. The Labute approximate surface area is 125 Å². The number of ether oxygens (including phenoxy) is 2. The van der Waals surface area contributed by atoms with Gasteiger partial charge in [-0.3, -0.25) is 0 Å². The number of benzene rings is 1. The number of hydrogen-bond acceptors (Lipinski definition) is 4. The van der Waals surface area contributed by atoms with E-state index in [1.54, 1.807) is 0 Å². The minimum Gasteiger partial charge on any atom is -0.486 e. The fourth-order valence-corrected chi connectivity index (χ4v) is 3.95. The van der Waals surface area contributed by atoms with E-state index in [9.17, 15) is 0 Å². The van der Waals surface area contributed by atoms with Gasteiger partial charge in [0.25, 0.3) is 0 Å². The van der Waals surface area contributed by atoms with E-state index in [4.69, 9.17) is 9.47 Å². The van der Waals surface area contributed by atoms with E-state index < -0.39 is 0 Å². The van der Waals surface area contributed by atoms with Crippen LogP contribution in [0.1, 0.15) is 31.4 Å².